The summed E-state index contributed by atoms with van der Waals surface area (Å²) in [6, 6.07) is 4.43. The summed E-state index contributed by atoms with van der Waals surface area (Å²) in [4.78, 5) is 23.0. The first-order valence-corrected chi connectivity index (χ1v) is 8.91. The normalized spacial score (nSPS) is 17.6. The van der Waals surface area contributed by atoms with Gasteiger partial charge in [-0.15, -0.1) is 0 Å². The number of hydrogen-bond donors (Lipinski definition) is 2. The van der Waals surface area contributed by atoms with E-state index in [-0.39, 0.29) is 12.6 Å². The number of carbonyl (C=O) groups is 1. The van der Waals surface area contributed by atoms with E-state index in [0.29, 0.717) is 43.2 Å². The number of carbonyl (C=O) groups excluding carboxylic acids is 1. The third kappa shape index (κ3) is 5.02. The van der Waals surface area contributed by atoms with Gasteiger partial charge in [0, 0.05) is 43.9 Å². The molecule has 3 rings (SSSR count). The highest BCUT2D eigenvalue weighted by Gasteiger charge is 2.30. The predicted octanol–water partition coefficient (Wildman–Crippen LogP) is 2.43. The fourth-order valence-electron chi connectivity index (χ4n) is 3.10. The van der Waals surface area contributed by atoms with Crippen LogP contribution >= 0.6 is 0 Å². The van der Waals surface area contributed by atoms with Crippen molar-refractivity contribution in [1.29, 1.82) is 0 Å². The quantitative estimate of drug-likeness (QED) is 0.562. The van der Waals surface area contributed by atoms with Crippen molar-refractivity contribution in [2.24, 2.45) is 0 Å². The molecule has 0 spiro atoms. The summed E-state index contributed by atoms with van der Waals surface area (Å²) < 4.78 is 38.2. The first kappa shape index (κ1) is 20.6. The summed E-state index contributed by atoms with van der Waals surface area (Å²) in [5.41, 5.74) is -0.279. The largest absolute Gasteiger partial charge is 0.416 e. The number of aromatic nitrogens is 2. The number of anilines is 3. The van der Waals surface area contributed by atoms with Crippen molar-refractivity contribution < 1.29 is 23.1 Å². The second-order valence-electron chi connectivity index (χ2n) is 6.43. The molecule has 1 fully saturated rings. The third-order valence-corrected chi connectivity index (χ3v) is 4.55. The van der Waals surface area contributed by atoms with Crippen molar-refractivity contribution in [3.8, 4) is 0 Å². The SMILES string of the molecule is O=CC=CN1CCN(c2nccnc2Nc2ccc(C(F)(F)F)cc2)C[C@@H]1CO. The van der Waals surface area contributed by atoms with Crippen LogP contribution in [0.2, 0.25) is 0 Å². The van der Waals surface area contributed by atoms with E-state index in [1.54, 1.807) is 6.20 Å². The lowest BCUT2D eigenvalue weighted by atomic mass is 10.2. The van der Waals surface area contributed by atoms with E-state index < -0.39 is 11.7 Å². The van der Waals surface area contributed by atoms with E-state index >= 15 is 0 Å². The van der Waals surface area contributed by atoms with Gasteiger partial charge in [0.2, 0.25) is 0 Å². The molecule has 0 unspecified atom stereocenters. The summed E-state index contributed by atoms with van der Waals surface area (Å²) in [6.07, 6.45) is 2.31. The first-order chi connectivity index (χ1) is 13.9. The number of halogens is 3. The highest BCUT2D eigenvalue weighted by molar-refractivity contribution is 5.68. The van der Waals surface area contributed by atoms with Crippen molar-refractivity contribution in [2.75, 3.05) is 36.5 Å². The molecule has 2 heterocycles. The van der Waals surface area contributed by atoms with Gasteiger partial charge in [-0.1, -0.05) is 0 Å². The zero-order valence-corrected chi connectivity index (χ0v) is 15.4. The van der Waals surface area contributed by atoms with Crippen LogP contribution in [0.1, 0.15) is 5.56 Å². The van der Waals surface area contributed by atoms with Gasteiger partial charge < -0.3 is 20.2 Å². The average Bonchev–Trinajstić information content (AvgIpc) is 2.72. The molecule has 2 N–H and O–H groups in total. The fourth-order valence-corrected chi connectivity index (χ4v) is 3.10. The molecule has 1 saturated heterocycles. The maximum atomic E-state index is 12.7. The Morgan fingerprint density at radius 1 is 1.17 bits per heavy atom. The molecule has 0 saturated carbocycles. The Labute approximate surface area is 165 Å². The lowest BCUT2D eigenvalue weighted by molar-refractivity contribution is -0.137. The van der Waals surface area contributed by atoms with Crippen molar-refractivity contribution >= 4 is 23.6 Å². The van der Waals surface area contributed by atoms with Crippen LogP contribution in [0.4, 0.5) is 30.5 Å². The third-order valence-electron chi connectivity index (χ3n) is 4.55. The minimum Gasteiger partial charge on any atom is -0.394 e. The lowest BCUT2D eigenvalue weighted by Crippen LogP contribution is -2.53. The second kappa shape index (κ2) is 8.91. The van der Waals surface area contributed by atoms with E-state index in [4.69, 9.17) is 0 Å². The van der Waals surface area contributed by atoms with Gasteiger partial charge in [-0.3, -0.25) is 4.79 Å². The molecule has 7 nitrogen and oxygen atoms in total. The molecule has 0 amide bonds. The summed E-state index contributed by atoms with van der Waals surface area (Å²) >= 11 is 0. The minimum atomic E-state index is -4.40. The number of hydrogen-bond acceptors (Lipinski definition) is 7. The van der Waals surface area contributed by atoms with Gasteiger partial charge >= 0.3 is 6.18 Å². The molecule has 0 aliphatic carbocycles. The highest BCUT2D eigenvalue weighted by atomic mass is 19.4. The molecule has 1 atom stereocenters. The van der Waals surface area contributed by atoms with Gasteiger partial charge in [-0.2, -0.15) is 13.2 Å². The Bertz CT molecular complexity index is 858. The Hall–Kier alpha value is -3.14. The number of allylic oxidation sites excluding steroid dienone is 1. The maximum absolute atomic E-state index is 12.7. The molecule has 154 valence electrons. The molecular formula is C19H20F3N5O2. The Kier molecular flexibility index (Phi) is 6.32. The molecule has 29 heavy (non-hydrogen) atoms. The number of alkyl halides is 3. The molecular weight excluding hydrogens is 387 g/mol. The fraction of sp³-hybridized carbons (Fsp3) is 0.316. The number of rotatable bonds is 6. The van der Waals surface area contributed by atoms with Crippen molar-refractivity contribution in [3.05, 3.63) is 54.5 Å². The van der Waals surface area contributed by atoms with Crippen molar-refractivity contribution in [3.63, 3.8) is 0 Å². The second-order valence-corrected chi connectivity index (χ2v) is 6.43. The lowest BCUT2D eigenvalue weighted by Gasteiger charge is -2.41. The van der Waals surface area contributed by atoms with Gasteiger partial charge in [0.25, 0.3) is 0 Å². The van der Waals surface area contributed by atoms with Gasteiger partial charge in [-0.25, -0.2) is 9.97 Å². The smallest absolute Gasteiger partial charge is 0.394 e. The Balaban J connectivity index is 1.77. The van der Waals surface area contributed by atoms with Crippen LogP contribution in [0, 0.1) is 0 Å². The van der Waals surface area contributed by atoms with Crippen LogP contribution < -0.4 is 10.2 Å². The number of nitrogens with one attached hydrogen (secondary N) is 1. The van der Waals surface area contributed by atoms with E-state index in [2.05, 4.69) is 15.3 Å². The Morgan fingerprint density at radius 2 is 1.90 bits per heavy atom. The van der Waals surface area contributed by atoms with Crippen LogP contribution in [-0.2, 0) is 11.0 Å². The summed E-state index contributed by atoms with van der Waals surface area (Å²) in [6.45, 7) is 1.47. The summed E-state index contributed by atoms with van der Waals surface area (Å²) in [5, 5.41) is 12.7. The van der Waals surface area contributed by atoms with Crippen LogP contribution in [-0.4, -0.2) is 58.5 Å². The molecule has 0 radical (unpaired) electrons. The van der Waals surface area contributed by atoms with Gasteiger partial charge in [-0.05, 0) is 30.3 Å². The monoisotopic (exact) mass is 407 g/mol. The van der Waals surface area contributed by atoms with Crippen LogP contribution in [0.15, 0.2) is 48.9 Å². The number of piperazine rings is 1. The maximum Gasteiger partial charge on any atom is 0.416 e. The molecule has 1 aromatic heterocycles. The molecule has 0 bridgehead atoms. The van der Waals surface area contributed by atoms with Crippen LogP contribution in [0.5, 0.6) is 0 Å². The number of benzene rings is 1. The van der Waals surface area contributed by atoms with Crippen molar-refractivity contribution in [1.82, 2.24) is 14.9 Å². The van der Waals surface area contributed by atoms with Gasteiger partial charge in [0.15, 0.2) is 11.6 Å². The molecule has 10 heteroatoms. The topological polar surface area (TPSA) is 81.6 Å². The number of nitrogens with zero attached hydrogens (tertiary/aromatic N) is 4. The van der Waals surface area contributed by atoms with E-state index in [1.165, 1.54) is 30.6 Å². The Morgan fingerprint density at radius 3 is 2.55 bits per heavy atom. The van der Waals surface area contributed by atoms with E-state index in [1.807, 2.05) is 9.80 Å². The summed E-state index contributed by atoms with van der Waals surface area (Å²) in [7, 11) is 0. The van der Waals surface area contributed by atoms with E-state index in [0.717, 1.165) is 12.1 Å². The predicted molar refractivity (Wildman–Crippen MR) is 102 cm³/mol. The average molecular weight is 407 g/mol. The molecule has 1 aliphatic rings. The molecule has 1 aromatic carbocycles. The highest BCUT2D eigenvalue weighted by Crippen LogP contribution is 2.31. The van der Waals surface area contributed by atoms with E-state index in [9.17, 15) is 23.1 Å². The van der Waals surface area contributed by atoms with Crippen LogP contribution in [0.25, 0.3) is 0 Å². The minimum absolute atomic E-state index is 0.109. The first-order valence-electron chi connectivity index (χ1n) is 8.91. The van der Waals surface area contributed by atoms with Crippen LogP contribution in [0.3, 0.4) is 0 Å². The van der Waals surface area contributed by atoms with Gasteiger partial charge in [0.1, 0.15) is 6.29 Å². The molecule has 1 aliphatic heterocycles. The van der Waals surface area contributed by atoms with Crippen molar-refractivity contribution in [2.45, 2.75) is 12.2 Å². The van der Waals surface area contributed by atoms with Gasteiger partial charge in [0.05, 0.1) is 18.2 Å². The number of aldehydes is 1. The number of aliphatic hydroxyl groups is 1. The zero-order valence-electron chi connectivity index (χ0n) is 15.4. The summed E-state index contributed by atoms with van der Waals surface area (Å²) in [5.74, 6) is 0.936. The standard InChI is InChI=1S/C19H20F3N5O2/c20-19(21,22)14-2-4-15(5-3-14)25-17-18(24-7-6-23-17)27-10-9-26(8-1-11-28)16(12-27)13-29/h1-8,11,16,29H,9-10,12-13H2,(H,23,25)/t16-/m1/s1. The molecule has 2 aromatic rings. The number of aliphatic hydroxyl groups excluding tert-OH is 1. The zero-order chi connectivity index (χ0) is 20.9.